The second-order valence-corrected chi connectivity index (χ2v) is 6.00. The molecule has 1 aliphatic rings. The van der Waals surface area contributed by atoms with Gasteiger partial charge in [0.25, 0.3) is 5.89 Å². The fourth-order valence-electron chi connectivity index (χ4n) is 2.70. The number of aldehydes is 1. The molecule has 7 heteroatoms. The summed E-state index contributed by atoms with van der Waals surface area (Å²) in [5.41, 5.74) is 0.674. The van der Waals surface area contributed by atoms with Crippen LogP contribution >= 0.6 is 0 Å². The van der Waals surface area contributed by atoms with Gasteiger partial charge in [-0.1, -0.05) is 5.16 Å². The van der Waals surface area contributed by atoms with Crippen molar-refractivity contribution < 1.29 is 18.8 Å². The molecule has 3 aromatic rings. The average Bonchev–Trinajstić information content (AvgIpc) is 3.12. The minimum atomic E-state index is -1.12. The third-order valence-electron chi connectivity index (χ3n) is 4.00. The molecule has 0 amide bonds. The largest absolute Gasteiger partial charge is 0.479 e. The van der Waals surface area contributed by atoms with E-state index >= 15 is 0 Å². The van der Waals surface area contributed by atoms with Gasteiger partial charge in [-0.2, -0.15) is 4.98 Å². The van der Waals surface area contributed by atoms with Crippen molar-refractivity contribution >= 4 is 12.1 Å². The van der Waals surface area contributed by atoms with Crippen LogP contribution in [0.1, 0.15) is 23.7 Å². The number of aromatic nitrogens is 3. The van der Waals surface area contributed by atoms with Gasteiger partial charge in [0.05, 0.1) is 12.0 Å². The molecule has 7 nitrogen and oxygen atoms in total. The van der Waals surface area contributed by atoms with Gasteiger partial charge in [0.1, 0.15) is 5.75 Å². The minimum absolute atomic E-state index is 0.000940. The number of benzene rings is 1. The summed E-state index contributed by atoms with van der Waals surface area (Å²) in [4.78, 5) is 31.8. The number of carbonyl (C=O) groups is 2. The lowest BCUT2D eigenvalue weighted by Crippen LogP contribution is -2.40. The number of ether oxygens (including phenoxy) is 1. The van der Waals surface area contributed by atoms with E-state index in [1.165, 1.54) is 0 Å². The molecular weight excluding hydrogens is 322 g/mol. The highest BCUT2D eigenvalue weighted by Gasteiger charge is 2.36. The second kappa shape index (κ2) is 5.62. The van der Waals surface area contributed by atoms with Gasteiger partial charge in [-0.3, -0.25) is 14.6 Å². The van der Waals surface area contributed by atoms with Crippen molar-refractivity contribution in [3.63, 3.8) is 0 Å². The highest BCUT2D eigenvalue weighted by Crippen LogP contribution is 2.35. The Morgan fingerprint density at radius 3 is 2.72 bits per heavy atom. The number of carbonyl (C=O) groups excluding carboxylic acids is 2. The molecule has 0 fully saturated rings. The van der Waals surface area contributed by atoms with E-state index in [0.29, 0.717) is 34.9 Å². The third-order valence-corrected chi connectivity index (χ3v) is 4.00. The molecule has 124 valence electrons. The van der Waals surface area contributed by atoms with E-state index in [2.05, 4.69) is 15.1 Å². The Bertz CT molecular complexity index is 967. The molecule has 1 aromatic carbocycles. The molecular formula is C18H13N3O4. The first-order chi connectivity index (χ1) is 12.1. The third kappa shape index (κ3) is 2.69. The lowest BCUT2D eigenvalue weighted by atomic mass is 9.92. The van der Waals surface area contributed by atoms with Crippen molar-refractivity contribution in [2.24, 2.45) is 0 Å². The maximum atomic E-state index is 12.4. The van der Waals surface area contributed by atoms with Gasteiger partial charge in [-0.05, 0) is 37.3 Å². The maximum Gasteiger partial charge on any atom is 0.258 e. The molecule has 1 atom stereocenters. The summed E-state index contributed by atoms with van der Waals surface area (Å²) in [6, 6.07) is 8.55. The predicted octanol–water partition coefficient (Wildman–Crippen LogP) is 2.72. The molecule has 0 spiro atoms. The smallest absolute Gasteiger partial charge is 0.258 e. The van der Waals surface area contributed by atoms with Gasteiger partial charge in [0.15, 0.2) is 17.7 Å². The standard InChI is InChI=1S/C18H13N3O4/c1-18(10-22)9-14(23)13-8-12(2-3-15(13)24-18)17-20-16(21-25-17)11-4-6-19-7-5-11/h2-8,10H,9H2,1H3. The van der Waals surface area contributed by atoms with Gasteiger partial charge in [0, 0.05) is 23.5 Å². The second-order valence-electron chi connectivity index (χ2n) is 6.00. The summed E-state index contributed by atoms with van der Waals surface area (Å²) in [6.07, 6.45) is 3.94. The molecule has 4 rings (SSSR count). The Morgan fingerprint density at radius 1 is 1.16 bits per heavy atom. The summed E-state index contributed by atoms with van der Waals surface area (Å²) in [5.74, 6) is 0.951. The molecule has 3 heterocycles. The summed E-state index contributed by atoms with van der Waals surface area (Å²) in [6.45, 7) is 1.59. The summed E-state index contributed by atoms with van der Waals surface area (Å²) < 4.78 is 10.9. The first-order valence-electron chi connectivity index (χ1n) is 7.65. The SMILES string of the molecule is CC1(C=O)CC(=O)c2cc(-c3nc(-c4ccncc4)no3)ccc2O1. The average molecular weight is 335 g/mol. The Morgan fingerprint density at radius 2 is 1.96 bits per heavy atom. The van der Waals surface area contributed by atoms with Crippen LogP contribution < -0.4 is 4.74 Å². The highest BCUT2D eigenvalue weighted by atomic mass is 16.5. The van der Waals surface area contributed by atoms with Gasteiger partial charge < -0.3 is 9.26 Å². The van der Waals surface area contributed by atoms with E-state index in [1.807, 2.05) is 0 Å². The van der Waals surface area contributed by atoms with E-state index in [4.69, 9.17) is 9.26 Å². The molecule has 0 N–H and O–H groups in total. The van der Waals surface area contributed by atoms with Gasteiger partial charge in [0.2, 0.25) is 5.82 Å². The number of ketones is 1. The number of fused-ring (bicyclic) bond motifs is 1. The van der Waals surface area contributed by atoms with E-state index in [0.717, 1.165) is 5.56 Å². The lowest BCUT2D eigenvalue weighted by Gasteiger charge is -2.30. The van der Waals surface area contributed by atoms with Crippen LogP contribution in [0.4, 0.5) is 0 Å². The molecule has 0 radical (unpaired) electrons. The van der Waals surface area contributed by atoms with E-state index in [9.17, 15) is 9.59 Å². The molecule has 25 heavy (non-hydrogen) atoms. The van der Waals surface area contributed by atoms with Crippen LogP contribution in [0.15, 0.2) is 47.2 Å². The van der Waals surface area contributed by atoms with E-state index < -0.39 is 5.60 Å². The highest BCUT2D eigenvalue weighted by molar-refractivity contribution is 6.03. The Labute approximate surface area is 142 Å². The summed E-state index contributed by atoms with van der Waals surface area (Å²) in [7, 11) is 0. The van der Waals surface area contributed by atoms with Crippen LogP contribution in [-0.4, -0.2) is 32.8 Å². The number of hydrogen-bond donors (Lipinski definition) is 0. The van der Waals surface area contributed by atoms with Gasteiger partial charge >= 0.3 is 0 Å². The maximum absolute atomic E-state index is 12.4. The van der Waals surface area contributed by atoms with Crippen molar-refractivity contribution in [2.45, 2.75) is 18.9 Å². The van der Waals surface area contributed by atoms with Gasteiger partial charge in [-0.25, -0.2) is 0 Å². The number of pyridine rings is 1. The van der Waals surface area contributed by atoms with Crippen molar-refractivity contribution in [3.05, 3.63) is 48.3 Å². The number of hydrogen-bond acceptors (Lipinski definition) is 7. The lowest BCUT2D eigenvalue weighted by molar-refractivity contribution is -0.120. The monoisotopic (exact) mass is 335 g/mol. The topological polar surface area (TPSA) is 95.2 Å². The zero-order valence-electron chi connectivity index (χ0n) is 13.3. The molecule has 0 saturated heterocycles. The van der Waals surface area contributed by atoms with Crippen molar-refractivity contribution in [1.29, 1.82) is 0 Å². The number of nitrogens with zero attached hydrogens (tertiary/aromatic N) is 3. The normalized spacial score (nSPS) is 19.2. The fraction of sp³-hybridized carbons (Fsp3) is 0.167. The molecule has 0 aliphatic carbocycles. The Balaban J connectivity index is 1.70. The zero-order valence-corrected chi connectivity index (χ0v) is 13.3. The zero-order chi connectivity index (χ0) is 17.4. The van der Waals surface area contributed by atoms with Crippen LogP contribution in [0.3, 0.4) is 0 Å². The minimum Gasteiger partial charge on any atom is -0.479 e. The molecule has 1 aliphatic heterocycles. The van der Waals surface area contributed by atoms with Crippen LogP contribution in [0.2, 0.25) is 0 Å². The van der Waals surface area contributed by atoms with Gasteiger partial charge in [-0.15, -0.1) is 0 Å². The van der Waals surface area contributed by atoms with Crippen molar-refractivity contribution in [2.75, 3.05) is 0 Å². The summed E-state index contributed by atoms with van der Waals surface area (Å²) >= 11 is 0. The van der Waals surface area contributed by atoms with Crippen LogP contribution in [0.25, 0.3) is 22.8 Å². The fourth-order valence-corrected chi connectivity index (χ4v) is 2.70. The first-order valence-corrected chi connectivity index (χ1v) is 7.65. The predicted molar refractivity (Wildman–Crippen MR) is 87.0 cm³/mol. The Kier molecular flexibility index (Phi) is 3.42. The van der Waals surface area contributed by atoms with Crippen molar-refractivity contribution in [3.8, 4) is 28.6 Å². The number of Topliss-reactive ketones (excluding diaryl/α,β-unsaturated/α-hetero) is 1. The van der Waals surface area contributed by atoms with E-state index in [-0.39, 0.29) is 12.2 Å². The van der Waals surface area contributed by atoms with Crippen LogP contribution in [-0.2, 0) is 4.79 Å². The molecule has 2 aromatic heterocycles. The molecule has 1 unspecified atom stereocenters. The quantitative estimate of drug-likeness (QED) is 0.679. The van der Waals surface area contributed by atoms with Crippen molar-refractivity contribution in [1.82, 2.24) is 15.1 Å². The van der Waals surface area contributed by atoms with Crippen LogP contribution in [0, 0.1) is 0 Å². The Hall–Kier alpha value is -3.35. The van der Waals surface area contributed by atoms with Crippen LogP contribution in [0.5, 0.6) is 5.75 Å². The van der Waals surface area contributed by atoms with E-state index in [1.54, 1.807) is 49.6 Å². The molecule has 0 saturated carbocycles. The summed E-state index contributed by atoms with van der Waals surface area (Å²) in [5, 5.41) is 3.95. The molecule has 0 bridgehead atoms. The number of rotatable bonds is 3. The first kappa shape index (κ1) is 15.2.